The summed E-state index contributed by atoms with van der Waals surface area (Å²) in [4.78, 5) is 12.4. The minimum atomic E-state index is -4.64. The van der Waals surface area contributed by atoms with Crippen LogP contribution >= 0.6 is 0 Å². The van der Waals surface area contributed by atoms with Crippen molar-refractivity contribution in [3.8, 4) is 0 Å². The molecule has 1 aliphatic carbocycles. The predicted molar refractivity (Wildman–Crippen MR) is 93.1 cm³/mol. The Labute approximate surface area is 152 Å². The van der Waals surface area contributed by atoms with Gasteiger partial charge in [-0.05, 0) is 37.3 Å². The molecule has 1 N–H and O–H groups in total. The molecule has 1 saturated carbocycles. The first-order valence-corrected chi connectivity index (χ1v) is 10.4. The van der Waals surface area contributed by atoms with Gasteiger partial charge in [0.1, 0.15) is 5.25 Å². The van der Waals surface area contributed by atoms with Gasteiger partial charge in [0.25, 0.3) is 0 Å². The molecule has 1 aromatic carbocycles. The third kappa shape index (κ3) is 4.99. The Hall–Kier alpha value is -1.57. The molecule has 26 heavy (non-hydrogen) atoms. The van der Waals surface area contributed by atoms with E-state index < -0.39 is 38.5 Å². The average molecular weight is 391 g/mol. The number of rotatable bonds is 5. The Morgan fingerprint density at radius 2 is 1.85 bits per heavy atom. The zero-order valence-corrected chi connectivity index (χ0v) is 15.7. The van der Waals surface area contributed by atoms with Gasteiger partial charge < -0.3 is 5.32 Å². The number of sulfone groups is 1. The van der Waals surface area contributed by atoms with E-state index in [0.717, 1.165) is 37.8 Å². The fourth-order valence-electron chi connectivity index (χ4n) is 3.26. The molecule has 1 aromatic rings. The summed E-state index contributed by atoms with van der Waals surface area (Å²) in [6.45, 7) is 3.23. The van der Waals surface area contributed by atoms with E-state index in [1.54, 1.807) is 0 Å². The molecule has 1 amide bonds. The van der Waals surface area contributed by atoms with E-state index in [1.165, 1.54) is 19.1 Å². The SMILES string of the molecule is C[C@H]1CCCC[C@@H]1NC(=O)[C@H](C)S(=O)(=O)Cc1ccccc1C(F)(F)F. The first-order chi connectivity index (χ1) is 12.0. The summed E-state index contributed by atoms with van der Waals surface area (Å²) in [5.41, 5.74) is -1.33. The lowest BCUT2D eigenvalue weighted by atomic mass is 9.86. The van der Waals surface area contributed by atoms with Crippen molar-refractivity contribution in [1.29, 1.82) is 0 Å². The van der Waals surface area contributed by atoms with Crippen molar-refractivity contribution < 1.29 is 26.4 Å². The van der Waals surface area contributed by atoms with Crippen LogP contribution in [0.3, 0.4) is 0 Å². The maximum absolute atomic E-state index is 13.1. The third-order valence-electron chi connectivity index (χ3n) is 5.03. The van der Waals surface area contributed by atoms with Gasteiger partial charge in [-0.2, -0.15) is 13.2 Å². The maximum Gasteiger partial charge on any atom is 0.416 e. The van der Waals surface area contributed by atoms with Gasteiger partial charge in [0, 0.05) is 6.04 Å². The monoisotopic (exact) mass is 391 g/mol. The van der Waals surface area contributed by atoms with E-state index in [2.05, 4.69) is 5.32 Å². The van der Waals surface area contributed by atoms with Crippen LogP contribution in [-0.2, 0) is 26.6 Å². The van der Waals surface area contributed by atoms with Crippen molar-refractivity contribution in [2.24, 2.45) is 5.92 Å². The zero-order valence-electron chi connectivity index (χ0n) is 14.8. The zero-order chi connectivity index (χ0) is 19.5. The van der Waals surface area contributed by atoms with Crippen molar-refractivity contribution >= 4 is 15.7 Å². The fraction of sp³-hybridized carbons (Fsp3) is 0.611. The van der Waals surface area contributed by atoms with E-state index in [9.17, 15) is 26.4 Å². The van der Waals surface area contributed by atoms with Crippen LogP contribution in [0.25, 0.3) is 0 Å². The number of nitrogens with one attached hydrogen (secondary N) is 1. The van der Waals surface area contributed by atoms with E-state index >= 15 is 0 Å². The van der Waals surface area contributed by atoms with Crippen LogP contribution in [0.2, 0.25) is 0 Å². The molecule has 0 radical (unpaired) electrons. The lowest BCUT2D eigenvalue weighted by Crippen LogP contribution is -2.47. The summed E-state index contributed by atoms with van der Waals surface area (Å²) in [6, 6.07) is 4.46. The first-order valence-electron chi connectivity index (χ1n) is 8.69. The van der Waals surface area contributed by atoms with Crippen LogP contribution in [0.4, 0.5) is 13.2 Å². The smallest absolute Gasteiger partial charge is 0.352 e. The standard InChI is InChI=1S/C18H24F3NO3S/c1-12-7-3-6-10-16(12)22-17(23)13(2)26(24,25)11-14-8-4-5-9-15(14)18(19,20)21/h4-5,8-9,12-13,16H,3,6-7,10-11H2,1-2H3,(H,22,23)/t12-,13-,16-/m0/s1. The molecule has 0 aliphatic heterocycles. The van der Waals surface area contributed by atoms with Crippen molar-refractivity contribution in [1.82, 2.24) is 5.32 Å². The van der Waals surface area contributed by atoms with Crippen molar-refractivity contribution in [2.75, 3.05) is 0 Å². The van der Waals surface area contributed by atoms with E-state index in [-0.39, 0.29) is 17.5 Å². The second-order valence-electron chi connectivity index (χ2n) is 6.98. The second kappa shape index (κ2) is 7.98. The molecule has 0 heterocycles. The van der Waals surface area contributed by atoms with Gasteiger partial charge in [-0.25, -0.2) is 8.42 Å². The number of amides is 1. The topological polar surface area (TPSA) is 63.2 Å². The van der Waals surface area contributed by atoms with Crippen LogP contribution in [0.5, 0.6) is 0 Å². The minimum absolute atomic E-state index is 0.0867. The molecule has 0 aromatic heterocycles. The van der Waals surface area contributed by atoms with E-state index in [4.69, 9.17) is 0 Å². The molecule has 1 fully saturated rings. The Bertz CT molecular complexity index is 746. The molecule has 0 saturated heterocycles. The number of benzene rings is 1. The highest BCUT2D eigenvalue weighted by Crippen LogP contribution is 2.33. The van der Waals surface area contributed by atoms with Crippen LogP contribution in [0.1, 0.15) is 50.7 Å². The summed E-state index contributed by atoms with van der Waals surface area (Å²) in [5.74, 6) is -1.21. The van der Waals surface area contributed by atoms with Gasteiger partial charge in [-0.15, -0.1) is 0 Å². The van der Waals surface area contributed by atoms with E-state index in [1.807, 2.05) is 6.92 Å². The molecule has 1 aliphatic rings. The minimum Gasteiger partial charge on any atom is -0.352 e. The molecule has 2 rings (SSSR count). The van der Waals surface area contributed by atoms with Gasteiger partial charge in [0.2, 0.25) is 5.91 Å². The van der Waals surface area contributed by atoms with Crippen molar-refractivity contribution in [2.45, 2.75) is 62.8 Å². The highest BCUT2D eigenvalue weighted by atomic mass is 32.2. The van der Waals surface area contributed by atoms with Gasteiger partial charge in [-0.3, -0.25) is 4.79 Å². The molecule has 3 atom stereocenters. The van der Waals surface area contributed by atoms with Crippen molar-refractivity contribution in [3.05, 3.63) is 35.4 Å². The van der Waals surface area contributed by atoms with Crippen LogP contribution in [-0.4, -0.2) is 25.6 Å². The molecular weight excluding hydrogens is 367 g/mol. The third-order valence-corrected chi connectivity index (χ3v) is 7.03. The summed E-state index contributed by atoms with van der Waals surface area (Å²) in [6.07, 6.45) is -0.845. The fourth-order valence-corrected chi connectivity index (χ4v) is 4.59. The first kappa shape index (κ1) is 20.7. The predicted octanol–water partition coefficient (Wildman–Crippen LogP) is 3.70. The molecule has 8 heteroatoms. The lowest BCUT2D eigenvalue weighted by molar-refractivity contribution is -0.138. The molecule has 4 nitrogen and oxygen atoms in total. The summed E-state index contributed by atoms with van der Waals surface area (Å²) >= 11 is 0. The van der Waals surface area contributed by atoms with Gasteiger partial charge in [-0.1, -0.05) is 38.0 Å². The van der Waals surface area contributed by atoms with Gasteiger partial charge >= 0.3 is 6.18 Å². The normalized spacial score (nSPS) is 22.7. The Balaban J connectivity index is 2.13. The molecule has 146 valence electrons. The van der Waals surface area contributed by atoms with E-state index in [0.29, 0.717) is 0 Å². The van der Waals surface area contributed by atoms with Crippen LogP contribution < -0.4 is 5.32 Å². The Kier molecular flexibility index (Phi) is 6.37. The summed E-state index contributed by atoms with van der Waals surface area (Å²) in [5, 5.41) is 1.36. The van der Waals surface area contributed by atoms with Crippen LogP contribution in [0, 0.1) is 5.92 Å². The van der Waals surface area contributed by atoms with Gasteiger partial charge in [0.15, 0.2) is 9.84 Å². The molecule has 0 unspecified atom stereocenters. The second-order valence-corrected chi connectivity index (χ2v) is 9.30. The largest absolute Gasteiger partial charge is 0.416 e. The Morgan fingerprint density at radius 3 is 2.46 bits per heavy atom. The van der Waals surface area contributed by atoms with Gasteiger partial charge in [0.05, 0.1) is 11.3 Å². The highest BCUT2D eigenvalue weighted by Gasteiger charge is 2.36. The summed E-state index contributed by atoms with van der Waals surface area (Å²) in [7, 11) is -4.08. The Morgan fingerprint density at radius 1 is 1.23 bits per heavy atom. The number of alkyl halides is 3. The van der Waals surface area contributed by atoms with Crippen LogP contribution in [0.15, 0.2) is 24.3 Å². The lowest BCUT2D eigenvalue weighted by Gasteiger charge is -2.30. The van der Waals surface area contributed by atoms with Crippen molar-refractivity contribution in [3.63, 3.8) is 0 Å². The number of carbonyl (C=O) groups is 1. The maximum atomic E-state index is 13.1. The number of hydrogen-bond acceptors (Lipinski definition) is 3. The molecular formula is C18H24F3NO3S. The average Bonchev–Trinajstić information content (AvgIpc) is 2.55. The number of halogens is 3. The quantitative estimate of drug-likeness (QED) is 0.832. The molecule has 0 bridgehead atoms. The number of hydrogen-bond donors (Lipinski definition) is 1. The summed E-state index contributed by atoms with van der Waals surface area (Å²) < 4.78 is 64.2. The number of carbonyl (C=O) groups excluding carboxylic acids is 1. The highest BCUT2D eigenvalue weighted by molar-refractivity contribution is 7.92. The molecule has 0 spiro atoms.